The van der Waals surface area contributed by atoms with Crippen LogP contribution in [0.4, 0.5) is 11.5 Å². The first-order valence-corrected chi connectivity index (χ1v) is 9.50. The maximum absolute atomic E-state index is 12.5. The first-order valence-electron chi connectivity index (χ1n) is 8.62. The van der Waals surface area contributed by atoms with Gasteiger partial charge in [0.05, 0.1) is 10.8 Å². The van der Waals surface area contributed by atoms with Gasteiger partial charge in [0.1, 0.15) is 5.82 Å². The number of amides is 1. The van der Waals surface area contributed by atoms with Crippen molar-refractivity contribution in [1.29, 1.82) is 0 Å². The van der Waals surface area contributed by atoms with Crippen molar-refractivity contribution in [3.8, 4) is 0 Å². The van der Waals surface area contributed by atoms with Gasteiger partial charge in [-0.25, -0.2) is 9.97 Å². The highest BCUT2D eigenvalue weighted by molar-refractivity contribution is 8.00. The van der Waals surface area contributed by atoms with Gasteiger partial charge in [0, 0.05) is 17.6 Å². The first-order chi connectivity index (χ1) is 12.6. The molecule has 2 N–H and O–H groups in total. The molecular weight excluding hydrogens is 344 g/mol. The molecule has 1 unspecified atom stereocenters. The molecule has 1 atom stereocenters. The van der Waals surface area contributed by atoms with Crippen LogP contribution >= 0.6 is 11.8 Å². The number of hydrogen-bond donors (Lipinski definition) is 2. The number of aromatic nitrogens is 2. The van der Waals surface area contributed by atoms with Gasteiger partial charge < -0.3 is 10.6 Å². The molecular formula is C20H22N4OS. The van der Waals surface area contributed by atoms with Crippen molar-refractivity contribution in [3.63, 3.8) is 0 Å². The van der Waals surface area contributed by atoms with Crippen LogP contribution in [-0.4, -0.2) is 27.7 Å². The fraction of sp³-hybridized carbons (Fsp3) is 0.250. The Morgan fingerprint density at radius 1 is 1.12 bits per heavy atom. The zero-order chi connectivity index (χ0) is 18.5. The number of benzene rings is 2. The first kappa shape index (κ1) is 18.2. The molecule has 0 spiro atoms. The summed E-state index contributed by atoms with van der Waals surface area (Å²) in [6.45, 7) is 6.64. The Kier molecular flexibility index (Phi) is 5.73. The van der Waals surface area contributed by atoms with Gasteiger partial charge in [-0.05, 0) is 44.5 Å². The molecule has 1 heterocycles. The van der Waals surface area contributed by atoms with Crippen molar-refractivity contribution >= 4 is 40.1 Å². The van der Waals surface area contributed by atoms with Crippen molar-refractivity contribution < 1.29 is 4.79 Å². The number of fused-ring (bicyclic) bond motifs is 1. The highest BCUT2D eigenvalue weighted by atomic mass is 32.2. The van der Waals surface area contributed by atoms with Crippen molar-refractivity contribution in [2.24, 2.45) is 0 Å². The maximum Gasteiger partial charge on any atom is 0.237 e. The lowest BCUT2D eigenvalue weighted by Gasteiger charge is -2.14. The minimum atomic E-state index is -0.315. The summed E-state index contributed by atoms with van der Waals surface area (Å²) in [6, 6.07) is 15.6. The van der Waals surface area contributed by atoms with E-state index in [9.17, 15) is 4.79 Å². The summed E-state index contributed by atoms with van der Waals surface area (Å²) >= 11 is 1.36. The van der Waals surface area contributed by atoms with Crippen molar-refractivity contribution in [3.05, 3.63) is 54.1 Å². The summed E-state index contributed by atoms with van der Waals surface area (Å²) in [4.78, 5) is 21.7. The Labute approximate surface area is 157 Å². The van der Waals surface area contributed by atoms with E-state index in [4.69, 9.17) is 0 Å². The average Bonchev–Trinajstić information content (AvgIpc) is 2.64. The molecule has 1 amide bonds. The van der Waals surface area contributed by atoms with E-state index in [1.165, 1.54) is 11.8 Å². The van der Waals surface area contributed by atoms with Crippen molar-refractivity contribution in [2.45, 2.75) is 31.2 Å². The van der Waals surface area contributed by atoms with Crippen LogP contribution in [0.5, 0.6) is 0 Å². The predicted molar refractivity (Wildman–Crippen MR) is 109 cm³/mol. The summed E-state index contributed by atoms with van der Waals surface area (Å²) in [5, 5.41) is 7.51. The molecule has 0 radical (unpaired) electrons. The molecule has 0 saturated heterocycles. The molecule has 1 aromatic heterocycles. The van der Waals surface area contributed by atoms with E-state index in [-0.39, 0.29) is 11.2 Å². The Hall–Kier alpha value is -2.60. The van der Waals surface area contributed by atoms with E-state index in [1.54, 1.807) is 0 Å². The van der Waals surface area contributed by atoms with E-state index in [1.807, 2.05) is 69.3 Å². The van der Waals surface area contributed by atoms with Gasteiger partial charge >= 0.3 is 0 Å². The third-order valence-corrected chi connectivity index (χ3v) is 4.94. The van der Waals surface area contributed by atoms with E-state index in [0.29, 0.717) is 5.16 Å². The summed E-state index contributed by atoms with van der Waals surface area (Å²) in [7, 11) is 0. The SMILES string of the molecule is CCNc1nc(SC(C)C(=O)Nc2ccccc2C)nc2ccccc12. The fourth-order valence-corrected chi connectivity index (χ4v) is 3.35. The molecule has 3 aromatic rings. The van der Waals surface area contributed by atoms with Crippen LogP contribution in [0.1, 0.15) is 19.4 Å². The highest BCUT2D eigenvalue weighted by Crippen LogP contribution is 2.27. The summed E-state index contributed by atoms with van der Waals surface area (Å²) < 4.78 is 0. The van der Waals surface area contributed by atoms with Crippen LogP contribution in [0.25, 0.3) is 10.9 Å². The molecule has 0 bridgehead atoms. The molecule has 0 fully saturated rings. The Morgan fingerprint density at radius 3 is 2.62 bits per heavy atom. The Balaban J connectivity index is 1.79. The van der Waals surface area contributed by atoms with Gasteiger partial charge in [0.25, 0.3) is 0 Å². The maximum atomic E-state index is 12.5. The van der Waals surface area contributed by atoms with Gasteiger partial charge in [-0.1, -0.05) is 42.1 Å². The van der Waals surface area contributed by atoms with E-state index < -0.39 is 0 Å². The second-order valence-corrected chi connectivity index (χ2v) is 7.27. The average molecular weight is 366 g/mol. The zero-order valence-corrected chi connectivity index (χ0v) is 15.9. The molecule has 0 aliphatic rings. The lowest BCUT2D eigenvalue weighted by molar-refractivity contribution is -0.115. The van der Waals surface area contributed by atoms with Crippen LogP contribution in [0.15, 0.2) is 53.7 Å². The molecule has 0 saturated carbocycles. The molecule has 0 aliphatic heterocycles. The second kappa shape index (κ2) is 8.19. The summed E-state index contributed by atoms with van der Waals surface area (Å²) in [5.74, 6) is 0.734. The standard InChI is InChI=1S/C20H22N4OS/c1-4-21-18-15-10-6-8-12-17(15)23-20(24-18)26-14(3)19(25)22-16-11-7-5-9-13(16)2/h5-12,14H,4H2,1-3H3,(H,22,25)(H,21,23,24). The highest BCUT2D eigenvalue weighted by Gasteiger charge is 2.18. The molecule has 0 aliphatic carbocycles. The molecule has 2 aromatic carbocycles. The van der Waals surface area contributed by atoms with Crippen LogP contribution in [0.2, 0.25) is 0 Å². The van der Waals surface area contributed by atoms with Gasteiger partial charge in [-0.15, -0.1) is 0 Å². The monoisotopic (exact) mass is 366 g/mol. The largest absolute Gasteiger partial charge is 0.370 e. The van der Waals surface area contributed by atoms with Gasteiger partial charge in [0.15, 0.2) is 5.16 Å². The topological polar surface area (TPSA) is 66.9 Å². The number of hydrogen-bond acceptors (Lipinski definition) is 5. The molecule has 5 nitrogen and oxygen atoms in total. The third kappa shape index (κ3) is 4.14. The van der Waals surface area contributed by atoms with Crippen molar-refractivity contribution in [1.82, 2.24) is 9.97 Å². The van der Waals surface area contributed by atoms with Crippen LogP contribution < -0.4 is 10.6 Å². The van der Waals surface area contributed by atoms with E-state index in [0.717, 1.165) is 34.5 Å². The van der Waals surface area contributed by atoms with Crippen LogP contribution in [0, 0.1) is 6.92 Å². The van der Waals surface area contributed by atoms with Crippen molar-refractivity contribution in [2.75, 3.05) is 17.2 Å². The number of anilines is 2. The third-order valence-electron chi connectivity index (χ3n) is 3.98. The Morgan fingerprint density at radius 2 is 1.85 bits per heavy atom. The van der Waals surface area contributed by atoms with Gasteiger partial charge in [0.2, 0.25) is 5.91 Å². The molecule has 6 heteroatoms. The minimum absolute atomic E-state index is 0.0638. The number of para-hydroxylation sites is 2. The Bertz CT molecular complexity index is 929. The molecule has 134 valence electrons. The minimum Gasteiger partial charge on any atom is -0.370 e. The number of carbonyl (C=O) groups is 1. The summed E-state index contributed by atoms with van der Waals surface area (Å²) in [6.07, 6.45) is 0. The number of carbonyl (C=O) groups excluding carboxylic acids is 1. The summed E-state index contributed by atoms with van der Waals surface area (Å²) in [5.41, 5.74) is 2.74. The smallest absolute Gasteiger partial charge is 0.237 e. The quantitative estimate of drug-likeness (QED) is 0.497. The van der Waals surface area contributed by atoms with E-state index in [2.05, 4.69) is 20.6 Å². The number of aryl methyl sites for hydroxylation is 1. The number of thioether (sulfide) groups is 1. The van der Waals surface area contributed by atoms with Gasteiger partial charge in [-0.2, -0.15) is 0 Å². The number of nitrogens with one attached hydrogen (secondary N) is 2. The normalized spacial score (nSPS) is 12.0. The predicted octanol–water partition coefficient (Wildman–Crippen LogP) is 4.49. The lowest BCUT2D eigenvalue weighted by atomic mass is 10.2. The van der Waals surface area contributed by atoms with Gasteiger partial charge in [-0.3, -0.25) is 4.79 Å². The number of nitrogens with zero attached hydrogens (tertiary/aromatic N) is 2. The van der Waals surface area contributed by atoms with E-state index >= 15 is 0 Å². The molecule has 26 heavy (non-hydrogen) atoms. The number of rotatable bonds is 6. The van der Waals surface area contributed by atoms with Crippen LogP contribution in [0.3, 0.4) is 0 Å². The second-order valence-electron chi connectivity index (χ2n) is 5.97. The fourth-order valence-electron chi connectivity index (χ4n) is 2.57. The van der Waals surface area contributed by atoms with Crippen LogP contribution in [-0.2, 0) is 4.79 Å². The molecule has 3 rings (SSSR count). The lowest BCUT2D eigenvalue weighted by Crippen LogP contribution is -2.23. The zero-order valence-electron chi connectivity index (χ0n) is 15.1.